The zero-order chi connectivity index (χ0) is 13.3. The van der Waals surface area contributed by atoms with Crippen LogP contribution in [0.2, 0.25) is 0 Å². The summed E-state index contributed by atoms with van der Waals surface area (Å²) in [6.07, 6.45) is -2.85. The lowest BCUT2D eigenvalue weighted by molar-refractivity contribution is -0.157. The summed E-state index contributed by atoms with van der Waals surface area (Å²) in [7, 11) is 1.17. The molecule has 0 aromatic carbocycles. The summed E-state index contributed by atoms with van der Waals surface area (Å²) in [5.74, 6) is -0.703. The van der Waals surface area contributed by atoms with Gasteiger partial charge in [0.1, 0.15) is 5.54 Å². The average molecular weight is 254 g/mol. The van der Waals surface area contributed by atoms with E-state index in [2.05, 4.69) is 4.74 Å². The Morgan fingerprint density at radius 3 is 2.29 bits per heavy atom. The number of rotatable bonds is 5. The molecular weight excluding hydrogens is 237 g/mol. The highest BCUT2D eigenvalue weighted by Gasteiger charge is 2.42. The summed E-state index contributed by atoms with van der Waals surface area (Å²) < 4.78 is 41.5. The molecule has 1 unspecified atom stereocenters. The van der Waals surface area contributed by atoms with Gasteiger partial charge in [-0.3, -0.25) is 9.69 Å². The smallest absolute Gasteiger partial charge is 0.401 e. The SMILES string of the molecule is COC(=O)C(C)(N)CN(CC(F)(F)F)C1CC1. The van der Waals surface area contributed by atoms with E-state index in [-0.39, 0.29) is 12.6 Å². The van der Waals surface area contributed by atoms with E-state index in [9.17, 15) is 18.0 Å². The first-order chi connectivity index (χ1) is 7.65. The molecule has 0 spiro atoms. The number of methoxy groups -OCH3 is 1. The first-order valence-corrected chi connectivity index (χ1v) is 5.34. The van der Waals surface area contributed by atoms with E-state index in [1.165, 1.54) is 18.9 Å². The highest BCUT2D eigenvalue weighted by atomic mass is 19.4. The molecule has 100 valence electrons. The highest BCUT2D eigenvalue weighted by Crippen LogP contribution is 2.31. The van der Waals surface area contributed by atoms with Gasteiger partial charge in [0.25, 0.3) is 0 Å². The summed E-state index contributed by atoms with van der Waals surface area (Å²) in [5, 5.41) is 0. The van der Waals surface area contributed by atoms with Crippen molar-refractivity contribution in [2.75, 3.05) is 20.2 Å². The third-order valence-corrected chi connectivity index (χ3v) is 2.63. The van der Waals surface area contributed by atoms with Crippen LogP contribution in [0.3, 0.4) is 0 Å². The van der Waals surface area contributed by atoms with Crippen LogP contribution in [-0.2, 0) is 9.53 Å². The standard InChI is InChI=1S/C10H17F3N2O2/c1-9(14,8(16)17-2)5-15(7-3-4-7)6-10(11,12)13/h7H,3-6,14H2,1-2H3. The molecule has 0 aromatic heterocycles. The van der Waals surface area contributed by atoms with Gasteiger partial charge < -0.3 is 10.5 Å². The first kappa shape index (κ1) is 14.2. The fraction of sp³-hybridized carbons (Fsp3) is 0.900. The van der Waals surface area contributed by atoms with Crippen LogP contribution in [0.15, 0.2) is 0 Å². The molecule has 17 heavy (non-hydrogen) atoms. The Morgan fingerprint density at radius 2 is 1.94 bits per heavy atom. The van der Waals surface area contributed by atoms with Crippen molar-refractivity contribution >= 4 is 5.97 Å². The average Bonchev–Trinajstić information content (AvgIpc) is 2.95. The van der Waals surface area contributed by atoms with Crippen LogP contribution in [-0.4, -0.2) is 48.8 Å². The Hall–Kier alpha value is -0.820. The number of ether oxygens (including phenoxy) is 1. The molecule has 0 aromatic rings. The van der Waals surface area contributed by atoms with Gasteiger partial charge in [0, 0.05) is 12.6 Å². The number of hydrogen-bond acceptors (Lipinski definition) is 4. The molecule has 7 heteroatoms. The number of alkyl halides is 3. The van der Waals surface area contributed by atoms with Gasteiger partial charge in [-0.05, 0) is 19.8 Å². The number of carbonyl (C=O) groups excluding carboxylic acids is 1. The first-order valence-electron chi connectivity index (χ1n) is 5.34. The van der Waals surface area contributed by atoms with Gasteiger partial charge in [-0.15, -0.1) is 0 Å². The third kappa shape index (κ3) is 4.51. The summed E-state index contributed by atoms with van der Waals surface area (Å²) >= 11 is 0. The monoisotopic (exact) mass is 254 g/mol. The summed E-state index contributed by atoms with van der Waals surface area (Å²) in [5.41, 5.74) is 4.26. The Balaban J connectivity index is 2.63. The van der Waals surface area contributed by atoms with Crippen molar-refractivity contribution < 1.29 is 22.7 Å². The van der Waals surface area contributed by atoms with Gasteiger partial charge in [0.05, 0.1) is 13.7 Å². The maximum Gasteiger partial charge on any atom is 0.401 e. The molecule has 0 amide bonds. The minimum Gasteiger partial charge on any atom is -0.468 e. The van der Waals surface area contributed by atoms with Crippen LogP contribution in [0.5, 0.6) is 0 Å². The fourth-order valence-corrected chi connectivity index (χ4v) is 1.70. The number of carbonyl (C=O) groups is 1. The summed E-state index contributed by atoms with van der Waals surface area (Å²) in [6, 6.07) is -0.121. The molecule has 0 aliphatic heterocycles. The Kier molecular flexibility index (Phi) is 4.03. The number of esters is 1. The van der Waals surface area contributed by atoms with Gasteiger partial charge in [-0.2, -0.15) is 13.2 Å². The van der Waals surface area contributed by atoms with Gasteiger partial charge in [0.15, 0.2) is 0 Å². The van der Waals surface area contributed by atoms with E-state index in [4.69, 9.17) is 5.73 Å². The van der Waals surface area contributed by atoms with Crippen LogP contribution in [0.25, 0.3) is 0 Å². The number of nitrogens with two attached hydrogens (primary N) is 1. The van der Waals surface area contributed by atoms with Crippen LogP contribution >= 0.6 is 0 Å². The van der Waals surface area contributed by atoms with Crippen molar-refractivity contribution in [2.24, 2.45) is 5.73 Å². The normalized spacial score (nSPS) is 20.2. The zero-order valence-electron chi connectivity index (χ0n) is 9.88. The molecule has 1 rings (SSSR count). The number of nitrogens with zero attached hydrogens (tertiary/aromatic N) is 1. The van der Waals surface area contributed by atoms with Crippen LogP contribution < -0.4 is 5.73 Å². The van der Waals surface area contributed by atoms with Gasteiger partial charge >= 0.3 is 12.1 Å². The van der Waals surface area contributed by atoms with E-state index >= 15 is 0 Å². The molecule has 2 N–H and O–H groups in total. The Labute approximate surface area is 97.9 Å². The molecule has 0 radical (unpaired) electrons. The predicted octanol–water partition coefficient (Wildman–Crippen LogP) is 0.904. The third-order valence-electron chi connectivity index (χ3n) is 2.63. The molecule has 4 nitrogen and oxygen atoms in total. The van der Waals surface area contributed by atoms with E-state index in [0.717, 1.165) is 0 Å². The van der Waals surface area contributed by atoms with E-state index in [1.807, 2.05) is 0 Å². The molecule has 1 aliphatic carbocycles. The summed E-state index contributed by atoms with van der Waals surface area (Å²) in [6.45, 7) is 0.190. The van der Waals surface area contributed by atoms with Crippen molar-refractivity contribution in [1.29, 1.82) is 0 Å². The second-order valence-corrected chi connectivity index (χ2v) is 4.66. The molecule has 1 saturated carbocycles. The van der Waals surface area contributed by atoms with Crippen molar-refractivity contribution in [3.05, 3.63) is 0 Å². The van der Waals surface area contributed by atoms with Crippen molar-refractivity contribution in [1.82, 2.24) is 4.90 Å². The van der Waals surface area contributed by atoms with Crippen molar-refractivity contribution in [2.45, 2.75) is 37.5 Å². The Bertz CT molecular complexity index is 288. The van der Waals surface area contributed by atoms with Crippen molar-refractivity contribution in [3.63, 3.8) is 0 Å². The van der Waals surface area contributed by atoms with E-state index in [1.54, 1.807) is 0 Å². The van der Waals surface area contributed by atoms with Gasteiger partial charge in [-0.1, -0.05) is 0 Å². The second kappa shape index (κ2) is 4.81. The zero-order valence-corrected chi connectivity index (χ0v) is 9.88. The number of hydrogen-bond donors (Lipinski definition) is 1. The van der Waals surface area contributed by atoms with Crippen molar-refractivity contribution in [3.8, 4) is 0 Å². The topological polar surface area (TPSA) is 55.6 Å². The lowest BCUT2D eigenvalue weighted by Crippen LogP contribution is -2.56. The predicted molar refractivity (Wildman–Crippen MR) is 55.3 cm³/mol. The molecule has 0 heterocycles. The maximum atomic E-state index is 12.4. The minimum atomic E-state index is -4.28. The lowest BCUT2D eigenvalue weighted by Gasteiger charge is -2.31. The van der Waals surface area contributed by atoms with Crippen LogP contribution in [0.1, 0.15) is 19.8 Å². The van der Waals surface area contributed by atoms with E-state index in [0.29, 0.717) is 12.8 Å². The molecular formula is C10H17F3N2O2. The van der Waals surface area contributed by atoms with E-state index < -0.39 is 24.2 Å². The Morgan fingerprint density at radius 1 is 1.41 bits per heavy atom. The minimum absolute atomic E-state index is 0.121. The molecule has 1 fully saturated rings. The molecule has 0 bridgehead atoms. The van der Waals surface area contributed by atoms with Crippen LogP contribution in [0.4, 0.5) is 13.2 Å². The lowest BCUT2D eigenvalue weighted by atomic mass is 10.0. The summed E-state index contributed by atoms with van der Waals surface area (Å²) in [4.78, 5) is 12.5. The quantitative estimate of drug-likeness (QED) is 0.741. The fourth-order valence-electron chi connectivity index (χ4n) is 1.70. The van der Waals surface area contributed by atoms with Gasteiger partial charge in [0.2, 0.25) is 0 Å². The van der Waals surface area contributed by atoms with Crippen LogP contribution in [0, 0.1) is 0 Å². The molecule has 1 aliphatic rings. The van der Waals surface area contributed by atoms with Gasteiger partial charge in [-0.25, -0.2) is 0 Å². The largest absolute Gasteiger partial charge is 0.468 e. The second-order valence-electron chi connectivity index (χ2n) is 4.66. The molecule has 1 atom stereocenters. The molecule has 0 saturated heterocycles. The number of halogens is 3. The highest BCUT2D eigenvalue weighted by molar-refractivity contribution is 5.80. The maximum absolute atomic E-state index is 12.4.